The van der Waals surface area contributed by atoms with E-state index in [0.717, 1.165) is 12.1 Å². The molecular weight excluding hydrogens is 396 g/mol. The number of carbonyl (C=O) groups is 3. The molecule has 0 aliphatic carbocycles. The Morgan fingerprint density at radius 1 is 0.815 bits per heavy atom. The summed E-state index contributed by atoms with van der Waals surface area (Å²) in [6.45, 7) is 0. The summed E-state index contributed by atoms with van der Waals surface area (Å²) in [5.41, 5.74) is -0.378. The van der Waals surface area contributed by atoms with Crippen LogP contribution in [0.4, 0.5) is 35.1 Å². The van der Waals surface area contributed by atoms with Gasteiger partial charge in [-0.05, 0) is 0 Å². The third kappa shape index (κ3) is 3.65. The average Bonchev–Trinajstić information content (AvgIpc) is 2.60. The van der Waals surface area contributed by atoms with Crippen molar-refractivity contribution in [2.75, 3.05) is 7.11 Å². The van der Waals surface area contributed by atoms with E-state index in [-0.39, 0.29) is 12.7 Å². The number of ketones is 2. The molecule has 0 fully saturated rings. The number of Topliss-reactive ketones (excluding diaryl/α,β-unsaturated/α-hetero) is 2. The van der Waals surface area contributed by atoms with Crippen molar-refractivity contribution in [1.82, 2.24) is 0 Å². The molecule has 0 N–H and O–H groups in total. The van der Waals surface area contributed by atoms with Crippen LogP contribution in [0, 0.1) is 0 Å². The summed E-state index contributed by atoms with van der Waals surface area (Å²) in [5.74, 6) is -34.4. The fourth-order valence-electron chi connectivity index (χ4n) is 1.81. The Kier molecular flexibility index (Phi) is 6.03. The van der Waals surface area contributed by atoms with Gasteiger partial charge in [-0.3, -0.25) is 9.59 Å². The predicted octanol–water partition coefficient (Wildman–Crippen LogP) is 3.54. The quantitative estimate of drug-likeness (QED) is 0.287. The van der Waals surface area contributed by atoms with Crippen molar-refractivity contribution in [3.63, 3.8) is 0 Å². The van der Waals surface area contributed by atoms with E-state index in [4.69, 9.17) is 0 Å². The Balaban J connectivity index is 3.20. The normalized spacial score (nSPS) is 13.2. The van der Waals surface area contributed by atoms with E-state index in [1.54, 1.807) is 0 Å². The zero-order chi connectivity index (χ0) is 21.3. The van der Waals surface area contributed by atoms with Crippen molar-refractivity contribution in [2.24, 2.45) is 0 Å². The Labute approximate surface area is 146 Å². The van der Waals surface area contributed by atoms with Crippen molar-refractivity contribution >= 4 is 17.5 Å². The highest BCUT2D eigenvalue weighted by Crippen LogP contribution is 2.53. The maximum absolute atomic E-state index is 13.6. The van der Waals surface area contributed by atoms with Crippen LogP contribution in [0.1, 0.15) is 16.8 Å². The van der Waals surface area contributed by atoms with E-state index < -0.39 is 47.6 Å². The molecule has 0 bridgehead atoms. The van der Waals surface area contributed by atoms with Gasteiger partial charge in [0.2, 0.25) is 5.78 Å². The summed E-state index contributed by atoms with van der Waals surface area (Å²) in [7, 11) is 0.131. The minimum absolute atomic E-state index is 0.131. The molecule has 0 unspecified atom stereocenters. The highest BCUT2D eigenvalue weighted by Gasteiger charge is 2.84. The van der Waals surface area contributed by atoms with Crippen molar-refractivity contribution in [2.45, 2.75) is 30.1 Å². The minimum Gasteiger partial charge on any atom is -0.464 e. The average molecular weight is 406 g/mol. The Bertz CT molecular complexity index is 731. The number of esters is 1. The molecule has 0 heterocycles. The van der Waals surface area contributed by atoms with Crippen LogP contribution < -0.4 is 0 Å². The summed E-state index contributed by atoms with van der Waals surface area (Å²) >= 11 is 0. The molecule has 150 valence electrons. The first-order chi connectivity index (χ1) is 12.1. The standard InChI is InChI=1S/C15H10F8O4/c1-27-11(26)13(18,19)15(22,23)14(20,21)12(16,17)10(25)7-9(24)8-5-3-2-4-6-8/h2-6H,7H2,1H3. The summed E-state index contributed by atoms with van der Waals surface area (Å²) in [6.07, 6.45) is -1.97. The summed E-state index contributed by atoms with van der Waals surface area (Å²) in [6, 6.07) is 5.89. The smallest absolute Gasteiger partial charge is 0.410 e. The third-order valence-corrected chi connectivity index (χ3v) is 3.39. The van der Waals surface area contributed by atoms with Crippen LogP contribution in [0.5, 0.6) is 0 Å². The van der Waals surface area contributed by atoms with Gasteiger partial charge in [-0.25, -0.2) is 4.79 Å². The first-order valence-corrected chi connectivity index (χ1v) is 6.85. The molecule has 1 aromatic carbocycles. The molecule has 0 atom stereocenters. The van der Waals surface area contributed by atoms with Crippen molar-refractivity contribution in [1.29, 1.82) is 0 Å². The lowest BCUT2D eigenvalue weighted by Gasteiger charge is -2.34. The van der Waals surface area contributed by atoms with E-state index in [1.807, 2.05) is 0 Å². The van der Waals surface area contributed by atoms with Crippen LogP contribution in [0.2, 0.25) is 0 Å². The topological polar surface area (TPSA) is 60.4 Å². The molecule has 1 rings (SSSR count). The molecule has 0 amide bonds. The van der Waals surface area contributed by atoms with Crippen molar-refractivity contribution in [3.05, 3.63) is 35.9 Å². The number of methoxy groups -OCH3 is 1. The van der Waals surface area contributed by atoms with Gasteiger partial charge in [0.15, 0.2) is 5.78 Å². The lowest BCUT2D eigenvalue weighted by Crippen LogP contribution is -2.66. The molecule has 4 nitrogen and oxygen atoms in total. The van der Waals surface area contributed by atoms with Gasteiger partial charge in [-0.1, -0.05) is 30.3 Å². The highest BCUT2D eigenvalue weighted by atomic mass is 19.4. The SMILES string of the molecule is COC(=O)C(F)(F)C(F)(F)C(F)(F)C(F)(F)C(=O)CC(=O)c1ccccc1. The number of alkyl halides is 8. The summed E-state index contributed by atoms with van der Waals surface area (Å²) < 4.78 is 111. The van der Waals surface area contributed by atoms with E-state index >= 15 is 0 Å². The fraction of sp³-hybridized carbons (Fsp3) is 0.400. The number of halogens is 8. The molecule has 0 aliphatic heterocycles. The van der Waals surface area contributed by atoms with Crippen LogP contribution in [-0.2, 0) is 14.3 Å². The van der Waals surface area contributed by atoms with Gasteiger partial charge in [0.25, 0.3) is 0 Å². The minimum atomic E-state index is -7.01. The van der Waals surface area contributed by atoms with Gasteiger partial charge < -0.3 is 4.74 Å². The molecule has 0 saturated carbocycles. The fourth-order valence-corrected chi connectivity index (χ4v) is 1.81. The van der Waals surface area contributed by atoms with Gasteiger partial charge in [0, 0.05) is 5.56 Å². The Hall–Kier alpha value is -2.53. The Morgan fingerprint density at radius 2 is 1.26 bits per heavy atom. The van der Waals surface area contributed by atoms with Crippen molar-refractivity contribution in [3.8, 4) is 0 Å². The van der Waals surface area contributed by atoms with Crippen LogP contribution in [-0.4, -0.2) is 48.3 Å². The van der Waals surface area contributed by atoms with E-state index in [2.05, 4.69) is 4.74 Å². The zero-order valence-corrected chi connectivity index (χ0v) is 13.3. The van der Waals surface area contributed by atoms with E-state index in [0.29, 0.717) is 0 Å². The monoisotopic (exact) mass is 406 g/mol. The second-order valence-electron chi connectivity index (χ2n) is 5.18. The highest BCUT2D eigenvalue weighted by molar-refractivity contribution is 6.10. The van der Waals surface area contributed by atoms with E-state index in [9.17, 15) is 49.5 Å². The molecule has 27 heavy (non-hydrogen) atoms. The Morgan fingerprint density at radius 3 is 1.70 bits per heavy atom. The lowest BCUT2D eigenvalue weighted by molar-refractivity contribution is -0.350. The summed E-state index contributed by atoms with van der Waals surface area (Å²) in [4.78, 5) is 33.6. The number of carbonyl (C=O) groups excluding carboxylic acids is 3. The molecule has 0 spiro atoms. The maximum atomic E-state index is 13.6. The van der Waals surface area contributed by atoms with E-state index in [1.165, 1.54) is 18.2 Å². The largest absolute Gasteiger partial charge is 0.464 e. The van der Waals surface area contributed by atoms with Gasteiger partial charge >= 0.3 is 29.7 Å². The number of rotatable bonds is 8. The van der Waals surface area contributed by atoms with Crippen molar-refractivity contribution < 1.29 is 54.2 Å². The zero-order valence-electron chi connectivity index (χ0n) is 13.3. The number of hydrogen-bond acceptors (Lipinski definition) is 4. The van der Waals surface area contributed by atoms with Gasteiger partial charge in [-0.15, -0.1) is 0 Å². The molecule has 1 aromatic rings. The van der Waals surface area contributed by atoms with Crippen LogP contribution in [0.15, 0.2) is 30.3 Å². The number of hydrogen-bond donors (Lipinski definition) is 0. The van der Waals surface area contributed by atoms with Gasteiger partial charge in [-0.2, -0.15) is 35.1 Å². The first-order valence-electron chi connectivity index (χ1n) is 6.85. The van der Waals surface area contributed by atoms with Gasteiger partial charge in [0.05, 0.1) is 13.5 Å². The molecule has 0 saturated heterocycles. The second kappa shape index (κ2) is 7.24. The molecule has 0 aromatic heterocycles. The van der Waals surface area contributed by atoms with Crippen LogP contribution in [0.3, 0.4) is 0 Å². The molecule has 0 radical (unpaired) electrons. The number of ether oxygens (including phenoxy) is 1. The molecule has 0 aliphatic rings. The third-order valence-electron chi connectivity index (χ3n) is 3.39. The molecular formula is C15H10F8O4. The van der Waals surface area contributed by atoms with Crippen LogP contribution in [0.25, 0.3) is 0 Å². The van der Waals surface area contributed by atoms with Crippen LogP contribution >= 0.6 is 0 Å². The van der Waals surface area contributed by atoms with Gasteiger partial charge in [0.1, 0.15) is 0 Å². The number of benzene rings is 1. The molecule has 12 heteroatoms. The first kappa shape index (κ1) is 22.5. The lowest BCUT2D eigenvalue weighted by atomic mass is 9.93. The predicted molar refractivity (Wildman–Crippen MR) is 72.2 cm³/mol. The second-order valence-corrected chi connectivity index (χ2v) is 5.18. The maximum Gasteiger partial charge on any atom is 0.410 e. The summed E-state index contributed by atoms with van der Waals surface area (Å²) in [5, 5.41) is 0.